The van der Waals surface area contributed by atoms with Crippen LogP contribution in [0.1, 0.15) is 20.8 Å². The van der Waals surface area contributed by atoms with E-state index in [1.807, 2.05) is 0 Å². The van der Waals surface area contributed by atoms with Gasteiger partial charge in [0.05, 0.1) is 5.57 Å². The van der Waals surface area contributed by atoms with E-state index in [-0.39, 0.29) is 0 Å². The van der Waals surface area contributed by atoms with E-state index in [0.29, 0.717) is 6.20 Å². The molecule has 0 bridgehead atoms. The number of carboxylic acid groups (broad SMARTS) is 2. The number of carboxylic acids is 2. The maximum atomic E-state index is 13.3. The SMILES string of the molecule is CC(C)(C)OC(=O)C1=NC=C(C(=O)O)C1(C(=O)O)C(F)F. The second kappa shape index (κ2) is 5.23. The zero-order chi connectivity index (χ0) is 16.6. The summed E-state index contributed by atoms with van der Waals surface area (Å²) in [5.74, 6) is -5.49. The van der Waals surface area contributed by atoms with Gasteiger partial charge in [-0.1, -0.05) is 0 Å². The lowest BCUT2D eigenvalue weighted by Crippen LogP contribution is -2.51. The Morgan fingerprint density at radius 2 is 1.81 bits per heavy atom. The van der Waals surface area contributed by atoms with Gasteiger partial charge in [0.1, 0.15) is 5.60 Å². The van der Waals surface area contributed by atoms with Crippen LogP contribution in [0, 0.1) is 5.41 Å². The van der Waals surface area contributed by atoms with Gasteiger partial charge in [-0.05, 0) is 20.8 Å². The molecule has 0 aromatic rings. The molecule has 1 heterocycles. The molecule has 0 aromatic heterocycles. The highest BCUT2D eigenvalue weighted by Crippen LogP contribution is 2.41. The largest absolute Gasteiger partial charge is 0.480 e. The van der Waals surface area contributed by atoms with Crippen molar-refractivity contribution in [3.8, 4) is 0 Å². The highest BCUT2D eigenvalue weighted by atomic mass is 19.3. The van der Waals surface area contributed by atoms with Gasteiger partial charge in [-0.3, -0.25) is 9.79 Å². The fraction of sp³-hybridized carbons (Fsp3) is 0.500. The summed E-state index contributed by atoms with van der Waals surface area (Å²) >= 11 is 0. The fourth-order valence-corrected chi connectivity index (χ4v) is 1.76. The van der Waals surface area contributed by atoms with Gasteiger partial charge in [-0.25, -0.2) is 18.4 Å². The molecule has 0 aromatic carbocycles. The van der Waals surface area contributed by atoms with E-state index in [0.717, 1.165) is 0 Å². The molecule has 2 N–H and O–H groups in total. The maximum Gasteiger partial charge on any atom is 0.354 e. The summed E-state index contributed by atoms with van der Waals surface area (Å²) < 4.78 is 31.5. The molecule has 21 heavy (non-hydrogen) atoms. The highest BCUT2D eigenvalue weighted by Gasteiger charge is 2.62. The van der Waals surface area contributed by atoms with Crippen molar-refractivity contribution >= 4 is 23.6 Å². The van der Waals surface area contributed by atoms with Crippen molar-refractivity contribution in [1.29, 1.82) is 0 Å². The molecule has 0 fully saturated rings. The lowest BCUT2D eigenvalue weighted by Gasteiger charge is -2.27. The van der Waals surface area contributed by atoms with E-state index in [2.05, 4.69) is 4.99 Å². The van der Waals surface area contributed by atoms with Gasteiger partial charge in [0, 0.05) is 6.20 Å². The number of aliphatic imine (C=N–C) groups is 1. The monoisotopic (exact) mass is 305 g/mol. The Balaban J connectivity index is 3.38. The van der Waals surface area contributed by atoms with Crippen molar-refractivity contribution in [3.63, 3.8) is 0 Å². The van der Waals surface area contributed by atoms with Crippen molar-refractivity contribution in [3.05, 3.63) is 11.8 Å². The Morgan fingerprint density at radius 1 is 1.29 bits per heavy atom. The minimum atomic E-state index is -3.69. The number of esters is 1. The minimum absolute atomic E-state index is 0.432. The first kappa shape index (κ1) is 16.7. The topological polar surface area (TPSA) is 113 Å². The summed E-state index contributed by atoms with van der Waals surface area (Å²) in [6, 6.07) is 0. The van der Waals surface area contributed by atoms with E-state index in [9.17, 15) is 23.2 Å². The van der Waals surface area contributed by atoms with Gasteiger partial charge in [-0.15, -0.1) is 0 Å². The quantitative estimate of drug-likeness (QED) is 0.752. The van der Waals surface area contributed by atoms with Crippen LogP contribution in [0.25, 0.3) is 0 Å². The molecule has 1 aliphatic rings. The molecule has 7 nitrogen and oxygen atoms in total. The zero-order valence-electron chi connectivity index (χ0n) is 11.4. The molecule has 0 amide bonds. The van der Waals surface area contributed by atoms with Gasteiger partial charge < -0.3 is 14.9 Å². The Labute approximate surface area is 117 Å². The number of carbonyl (C=O) groups is 3. The van der Waals surface area contributed by atoms with E-state index < -0.39 is 46.6 Å². The Morgan fingerprint density at radius 3 is 2.14 bits per heavy atom. The van der Waals surface area contributed by atoms with Crippen molar-refractivity contribution in [2.45, 2.75) is 32.8 Å². The number of rotatable bonds is 4. The van der Waals surface area contributed by atoms with Crippen molar-refractivity contribution in [2.24, 2.45) is 10.4 Å². The first-order valence-corrected chi connectivity index (χ1v) is 5.71. The number of alkyl halides is 2. The van der Waals surface area contributed by atoms with E-state index in [1.54, 1.807) is 0 Å². The summed E-state index contributed by atoms with van der Waals surface area (Å²) in [5, 5.41) is 18.0. The van der Waals surface area contributed by atoms with Crippen LogP contribution in [-0.2, 0) is 19.1 Å². The average Bonchev–Trinajstić information content (AvgIpc) is 2.66. The van der Waals surface area contributed by atoms with Crippen LogP contribution in [0.2, 0.25) is 0 Å². The summed E-state index contributed by atoms with van der Waals surface area (Å²) in [5.41, 5.74) is -6.77. The van der Waals surface area contributed by atoms with Crippen LogP contribution in [0.3, 0.4) is 0 Å². The molecular formula is C12H13F2NO6. The predicted molar refractivity (Wildman–Crippen MR) is 65.1 cm³/mol. The van der Waals surface area contributed by atoms with Crippen molar-refractivity contribution < 1.29 is 38.1 Å². The van der Waals surface area contributed by atoms with E-state index >= 15 is 0 Å². The van der Waals surface area contributed by atoms with Crippen LogP contribution in [-0.4, -0.2) is 45.9 Å². The summed E-state index contributed by atoms with van der Waals surface area (Å²) in [6.07, 6.45) is -3.26. The third kappa shape index (κ3) is 2.76. The first-order chi connectivity index (χ1) is 9.44. The number of halogens is 2. The molecule has 1 unspecified atom stereocenters. The molecule has 0 saturated heterocycles. The number of hydrogen-bond donors (Lipinski definition) is 2. The second-order valence-electron chi connectivity index (χ2n) is 5.24. The van der Waals surface area contributed by atoms with Crippen molar-refractivity contribution in [2.75, 3.05) is 0 Å². The summed E-state index contributed by atoms with van der Waals surface area (Å²) in [4.78, 5) is 37.4. The molecule has 0 radical (unpaired) electrons. The Hall–Kier alpha value is -2.32. The van der Waals surface area contributed by atoms with Crippen LogP contribution in [0.5, 0.6) is 0 Å². The number of nitrogens with zero attached hydrogens (tertiary/aromatic N) is 1. The van der Waals surface area contributed by atoms with Gasteiger partial charge in [-0.2, -0.15) is 0 Å². The van der Waals surface area contributed by atoms with Gasteiger partial charge in [0.25, 0.3) is 6.43 Å². The molecule has 0 saturated carbocycles. The summed E-state index contributed by atoms with van der Waals surface area (Å²) in [7, 11) is 0. The number of hydrogen-bond acceptors (Lipinski definition) is 5. The van der Waals surface area contributed by atoms with Gasteiger partial charge in [0.15, 0.2) is 5.71 Å². The molecule has 9 heteroatoms. The number of aliphatic carboxylic acids is 2. The fourth-order valence-electron chi connectivity index (χ4n) is 1.76. The normalized spacial score (nSPS) is 21.8. The summed E-state index contributed by atoms with van der Waals surface area (Å²) in [6.45, 7) is 4.32. The maximum absolute atomic E-state index is 13.3. The minimum Gasteiger partial charge on any atom is -0.480 e. The number of ether oxygens (including phenoxy) is 1. The molecule has 1 aliphatic heterocycles. The van der Waals surface area contributed by atoms with E-state index in [1.165, 1.54) is 20.8 Å². The smallest absolute Gasteiger partial charge is 0.354 e. The van der Waals surface area contributed by atoms with Crippen LogP contribution in [0.4, 0.5) is 8.78 Å². The second-order valence-corrected chi connectivity index (χ2v) is 5.24. The Kier molecular flexibility index (Phi) is 4.16. The van der Waals surface area contributed by atoms with Gasteiger partial charge in [0.2, 0.25) is 5.41 Å². The molecule has 1 atom stereocenters. The lowest BCUT2D eigenvalue weighted by atomic mass is 9.77. The van der Waals surface area contributed by atoms with Crippen molar-refractivity contribution in [1.82, 2.24) is 0 Å². The third-order valence-corrected chi connectivity index (χ3v) is 2.61. The van der Waals surface area contributed by atoms with Gasteiger partial charge >= 0.3 is 17.9 Å². The molecule has 0 aliphatic carbocycles. The average molecular weight is 305 g/mol. The zero-order valence-corrected chi connectivity index (χ0v) is 11.4. The Bertz CT molecular complexity index is 561. The van der Waals surface area contributed by atoms with Crippen LogP contribution < -0.4 is 0 Å². The van der Waals surface area contributed by atoms with E-state index in [4.69, 9.17) is 14.9 Å². The van der Waals surface area contributed by atoms with Crippen LogP contribution in [0.15, 0.2) is 16.8 Å². The predicted octanol–water partition coefficient (Wildman–Crippen LogP) is 1.09. The third-order valence-electron chi connectivity index (χ3n) is 2.61. The highest BCUT2D eigenvalue weighted by molar-refractivity contribution is 6.45. The van der Waals surface area contributed by atoms with Crippen LogP contribution >= 0.6 is 0 Å². The lowest BCUT2D eigenvalue weighted by molar-refractivity contribution is -0.156. The molecule has 116 valence electrons. The standard InChI is InChI=1S/C12H13F2NO6/c1-11(2,3)21-8(18)6-12(9(13)14,10(19)20)5(4-15-6)7(16)17/h4,9H,1-3H3,(H,16,17)(H,19,20). The molecular weight excluding hydrogens is 292 g/mol. The molecule has 1 rings (SSSR count). The first-order valence-electron chi connectivity index (χ1n) is 5.71. The number of carbonyl (C=O) groups excluding carboxylic acids is 1. The molecule has 0 spiro atoms.